The van der Waals surface area contributed by atoms with Gasteiger partial charge in [0.2, 0.25) is 6.41 Å². The lowest BCUT2D eigenvalue weighted by atomic mass is 10.2. The van der Waals surface area contributed by atoms with Crippen LogP contribution < -0.4 is 10.1 Å². The Morgan fingerprint density at radius 3 is 2.63 bits per heavy atom. The van der Waals surface area contributed by atoms with Crippen LogP contribution in [0, 0.1) is 0 Å². The lowest BCUT2D eigenvalue weighted by Crippen LogP contribution is -2.48. The Labute approximate surface area is 158 Å². The van der Waals surface area contributed by atoms with Crippen molar-refractivity contribution in [3.8, 4) is 5.75 Å². The molecule has 1 saturated heterocycles. The number of carbonyl (C=O) groups excluding carboxylic acids is 2. The Bertz CT molecular complexity index is 801. The van der Waals surface area contributed by atoms with E-state index in [0.29, 0.717) is 37.4 Å². The third-order valence-corrected chi connectivity index (χ3v) is 4.26. The van der Waals surface area contributed by atoms with Crippen LogP contribution in [0.5, 0.6) is 5.75 Å². The van der Waals surface area contributed by atoms with E-state index >= 15 is 0 Å². The van der Waals surface area contributed by atoms with Crippen molar-refractivity contribution in [3.05, 3.63) is 48.3 Å². The molecule has 2 aromatic rings. The average Bonchev–Trinajstić information content (AvgIpc) is 2.69. The number of piperazine rings is 1. The number of carbonyl (C=O) groups is 2. The van der Waals surface area contributed by atoms with Gasteiger partial charge in [-0.3, -0.25) is 14.6 Å². The maximum atomic E-state index is 12.7. The van der Waals surface area contributed by atoms with Crippen molar-refractivity contribution in [3.63, 3.8) is 0 Å². The molecule has 0 spiro atoms. The summed E-state index contributed by atoms with van der Waals surface area (Å²) in [4.78, 5) is 31.2. The molecule has 0 unspecified atom stereocenters. The number of hydrogen-bond acceptors (Lipinski definition) is 5. The Kier molecular flexibility index (Phi) is 5.90. The van der Waals surface area contributed by atoms with Gasteiger partial charge in [0.05, 0.1) is 29.2 Å². The summed E-state index contributed by atoms with van der Waals surface area (Å²) in [6.07, 6.45) is 4.12. The number of nitrogens with zero attached hydrogens (tertiary/aromatic N) is 3. The highest BCUT2D eigenvalue weighted by Gasteiger charge is 2.21. The van der Waals surface area contributed by atoms with E-state index in [2.05, 4.69) is 10.3 Å². The standard InChI is InChI=1S/C20H24N4O3/c1-15(2)27-19-6-4-3-5-18(19)22-17-11-16(12-21-13-17)20(26)24-9-7-23(14-25)8-10-24/h3-6,11-15,22H,7-10H2,1-2H3. The number of ether oxygens (including phenoxy) is 1. The molecule has 142 valence electrons. The predicted octanol–water partition coefficient (Wildman–Crippen LogP) is 2.53. The third-order valence-electron chi connectivity index (χ3n) is 4.26. The molecule has 1 aliphatic heterocycles. The summed E-state index contributed by atoms with van der Waals surface area (Å²) in [6, 6.07) is 9.44. The third kappa shape index (κ3) is 4.75. The number of pyridine rings is 1. The Morgan fingerprint density at radius 1 is 1.19 bits per heavy atom. The van der Waals surface area contributed by atoms with Gasteiger partial charge in [0.25, 0.3) is 5.91 Å². The molecule has 3 rings (SSSR count). The highest BCUT2D eigenvalue weighted by atomic mass is 16.5. The van der Waals surface area contributed by atoms with Gasteiger partial charge in [0.15, 0.2) is 0 Å². The van der Waals surface area contributed by atoms with Gasteiger partial charge in [-0.25, -0.2) is 0 Å². The molecule has 2 amide bonds. The first-order valence-corrected chi connectivity index (χ1v) is 9.03. The summed E-state index contributed by atoms with van der Waals surface area (Å²) in [5.41, 5.74) is 2.05. The fourth-order valence-corrected chi connectivity index (χ4v) is 2.92. The normalized spacial score (nSPS) is 14.2. The van der Waals surface area contributed by atoms with Crippen molar-refractivity contribution in [1.82, 2.24) is 14.8 Å². The second-order valence-electron chi connectivity index (χ2n) is 6.68. The van der Waals surface area contributed by atoms with Crippen molar-refractivity contribution in [2.75, 3.05) is 31.5 Å². The summed E-state index contributed by atoms with van der Waals surface area (Å²) in [7, 11) is 0. The largest absolute Gasteiger partial charge is 0.489 e. The quantitative estimate of drug-likeness (QED) is 0.793. The summed E-state index contributed by atoms with van der Waals surface area (Å²) in [5.74, 6) is 0.664. The number of rotatable bonds is 6. The van der Waals surface area contributed by atoms with Gasteiger partial charge in [0.1, 0.15) is 5.75 Å². The first-order chi connectivity index (χ1) is 13.1. The van der Waals surface area contributed by atoms with Gasteiger partial charge in [-0.2, -0.15) is 0 Å². The molecule has 27 heavy (non-hydrogen) atoms. The lowest BCUT2D eigenvalue weighted by Gasteiger charge is -2.32. The number of para-hydroxylation sites is 2. The molecule has 0 bridgehead atoms. The van der Waals surface area contributed by atoms with Crippen LogP contribution >= 0.6 is 0 Å². The van der Waals surface area contributed by atoms with Crippen LogP contribution in [0.4, 0.5) is 11.4 Å². The van der Waals surface area contributed by atoms with E-state index < -0.39 is 0 Å². The van der Waals surface area contributed by atoms with Crippen molar-refractivity contribution < 1.29 is 14.3 Å². The van der Waals surface area contributed by atoms with E-state index in [-0.39, 0.29) is 12.0 Å². The second-order valence-corrected chi connectivity index (χ2v) is 6.68. The Balaban J connectivity index is 1.73. The smallest absolute Gasteiger partial charge is 0.255 e. The highest BCUT2D eigenvalue weighted by molar-refractivity contribution is 5.95. The van der Waals surface area contributed by atoms with E-state index in [4.69, 9.17) is 4.74 Å². The number of nitrogens with one attached hydrogen (secondary N) is 1. The molecule has 1 aromatic heterocycles. The Morgan fingerprint density at radius 2 is 1.93 bits per heavy atom. The number of aromatic nitrogens is 1. The fraction of sp³-hybridized carbons (Fsp3) is 0.350. The van der Waals surface area contributed by atoms with Gasteiger partial charge in [-0.1, -0.05) is 12.1 Å². The van der Waals surface area contributed by atoms with Crippen LogP contribution in [0.2, 0.25) is 0 Å². The highest BCUT2D eigenvalue weighted by Crippen LogP contribution is 2.28. The number of anilines is 2. The maximum Gasteiger partial charge on any atom is 0.255 e. The topological polar surface area (TPSA) is 74.8 Å². The molecule has 1 N–H and O–H groups in total. The summed E-state index contributed by atoms with van der Waals surface area (Å²) >= 11 is 0. The minimum atomic E-state index is -0.0802. The van der Waals surface area contributed by atoms with Crippen LogP contribution in [-0.2, 0) is 4.79 Å². The summed E-state index contributed by atoms with van der Waals surface area (Å²) in [5, 5.41) is 3.28. The van der Waals surface area contributed by atoms with Crippen LogP contribution in [0.1, 0.15) is 24.2 Å². The molecule has 2 heterocycles. The monoisotopic (exact) mass is 368 g/mol. The first-order valence-electron chi connectivity index (χ1n) is 9.03. The zero-order chi connectivity index (χ0) is 19.2. The maximum absolute atomic E-state index is 12.7. The van der Waals surface area contributed by atoms with Gasteiger partial charge >= 0.3 is 0 Å². The zero-order valence-electron chi connectivity index (χ0n) is 15.6. The molecule has 7 heteroatoms. The second kappa shape index (κ2) is 8.53. The molecule has 1 fully saturated rings. The molecule has 0 saturated carbocycles. The molecule has 7 nitrogen and oxygen atoms in total. The summed E-state index contributed by atoms with van der Waals surface area (Å²) in [6.45, 7) is 6.12. The van der Waals surface area contributed by atoms with Crippen molar-refractivity contribution in [2.45, 2.75) is 20.0 Å². The van der Waals surface area contributed by atoms with Crippen molar-refractivity contribution in [1.29, 1.82) is 0 Å². The van der Waals surface area contributed by atoms with Crippen LogP contribution in [0.3, 0.4) is 0 Å². The number of benzene rings is 1. The minimum Gasteiger partial charge on any atom is -0.489 e. The van der Waals surface area contributed by atoms with Gasteiger partial charge in [-0.05, 0) is 32.0 Å². The molecular weight excluding hydrogens is 344 g/mol. The van der Waals surface area contributed by atoms with E-state index in [1.807, 2.05) is 38.1 Å². The number of amides is 2. The van der Waals surface area contributed by atoms with E-state index in [1.165, 1.54) is 0 Å². The van der Waals surface area contributed by atoms with Crippen LogP contribution in [0.25, 0.3) is 0 Å². The first kappa shape index (κ1) is 18.7. The molecular formula is C20H24N4O3. The fourth-order valence-electron chi connectivity index (χ4n) is 2.92. The zero-order valence-corrected chi connectivity index (χ0v) is 15.6. The van der Waals surface area contributed by atoms with Gasteiger partial charge in [-0.15, -0.1) is 0 Å². The molecule has 0 radical (unpaired) electrons. The predicted molar refractivity (Wildman–Crippen MR) is 103 cm³/mol. The van der Waals surface area contributed by atoms with Crippen molar-refractivity contribution >= 4 is 23.7 Å². The molecule has 1 aliphatic rings. The lowest BCUT2D eigenvalue weighted by molar-refractivity contribution is -0.119. The molecule has 0 aliphatic carbocycles. The van der Waals surface area contributed by atoms with E-state index in [0.717, 1.165) is 17.8 Å². The van der Waals surface area contributed by atoms with E-state index in [9.17, 15) is 9.59 Å². The van der Waals surface area contributed by atoms with E-state index in [1.54, 1.807) is 28.3 Å². The average molecular weight is 368 g/mol. The number of hydrogen-bond donors (Lipinski definition) is 1. The SMILES string of the molecule is CC(C)Oc1ccccc1Nc1cncc(C(=O)N2CCN(C=O)CC2)c1. The Hall–Kier alpha value is -3.09. The molecule has 1 aromatic carbocycles. The van der Waals surface area contributed by atoms with Crippen LogP contribution in [0.15, 0.2) is 42.7 Å². The molecule has 0 atom stereocenters. The summed E-state index contributed by atoms with van der Waals surface area (Å²) < 4.78 is 5.82. The van der Waals surface area contributed by atoms with Crippen molar-refractivity contribution in [2.24, 2.45) is 0 Å². The minimum absolute atomic E-state index is 0.0593. The van der Waals surface area contributed by atoms with Gasteiger partial charge < -0.3 is 19.9 Å². The van der Waals surface area contributed by atoms with Crippen LogP contribution in [-0.4, -0.2) is 59.4 Å². The van der Waals surface area contributed by atoms with Gasteiger partial charge in [0, 0.05) is 32.4 Å².